The molecule has 2 unspecified atom stereocenters. The molecule has 168 valence electrons. The second-order valence-electron chi connectivity index (χ2n) is 9.82. The second-order valence-corrected chi connectivity index (χ2v) is 9.82. The molecule has 1 aromatic heterocycles. The van der Waals surface area contributed by atoms with Gasteiger partial charge in [0, 0.05) is 25.2 Å². The minimum atomic E-state index is -0.0717. The first-order valence-electron chi connectivity index (χ1n) is 11.4. The Kier molecular flexibility index (Phi) is 8.08. The van der Waals surface area contributed by atoms with E-state index in [1.54, 1.807) is 7.11 Å². The highest BCUT2D eigenvalue weighted by atomic mass is 16.5. The third kappa shape index (κ3) is 7.35. The number of nitrogens with zero attached hydrogens (tertiary/aromatic N) is 2. The van der Waals surface area contributed by atoms with Crippen LogP contribution in [0.2, 0.25) is 0 Å². The molecule has 1 aromatic carbocycles. The summed E-state index contributed by atoms with van der Waals surface area (Å²) in [5, 5.41) is 3.29. The maximum absolute atomic E-state index is 12.8. The van der Waals surface area contributed by atoms with Gasteiger partial charge in [-0.1, -0.05) is 45.4 Å². The lowest BCUT2D eigenvalue weighted by molar-refractivity contribution is -0.123. The monoisotopic (exact) mass is 423 g/mol. The van der Waals surface area contributed by atoms with Crippen molar-refractivity contribution in [1.82, 2.24) is 15.2 Å². The van der Waals surface area contributed by atoms with Crippen molar-refractivity contribution in [1.29, 1.82) is 0 Å². The van der Waals surface area contributed by atoms with Gasteiger partial charge < -0.3 is 10.1 Å². The summed E-state index contributed by atoms with van der Waals surface area (Å²) in [6.07, 6.45) is 6.80. The number of piperidine rings is 1. The van der Waals surface area contributed by atoms with E-state index < -0.39 is 0 Å². The number of rotatable bonds is 8. The Morgan fingerprint density at radius 1 is 1.19 bits per heavy atom. The largest absolute Gasteiger partial charge is 0.497 e. The van der Waals surface area contributed by atoms with Gasteiger partial charge in [0.2, 0.25) is 5.91 Å². The maximum Gasteiger partial charge on any atom is 0.221 e. The molecule has 1 saturated heterocycles. The summed E-state index contributed by atoms with van der Waals surface area (Å²) >= 11 is 0. The first-order valence-corrected chi connectivity index (χ1v) is 11.4. The van der Waals surface area contributed by atoms with E-state index in [0.29, 0.717) is 12.5 Å². The highest BCUT2D eigenvalue weighted by Crippen LogP contribution is 2.28. The lowest BCUT2D eigenvalue weighted by atomic mass is 9.90. The molecule has 0 radical (unpaired) electrons. The number of nitrogens with one attached hydrogen (secondary N) is 1. The molecule has 5 heteroatoms. The zero-order valence-electron chi connectivity index (χ0n) is 19.4. The second kappa shape index (κ2) is 10.8. The number of hydrogen-bond acceptors (Lipinski definition) is 4. The van der Waals surface area contributed by atoms with Crippen LogP contribution in [-0.4, -0.2) is 35.5 Å². The summed E-state index contributed by atoms with van der Waals surface area (Å²) in [5.41, 5.74) is 2.20. The molecule has 3 rings (SSSR count). The zero-order valence-corrected chi connectivity index (χ0v) is 19.4. The van der Waals surface area contributed by atoms with Gasteiger partial charge in [-0.05, 0) is 61.1 Å². The minimum absolute atomic E-state index is 0.0377. The minimum Gasteiger partial charge on any atom is -0.497 e. The standard InChI is InChI=1S/C26H37N3O2/c1-26(2,3)18-25(30)28-24(23-10-5-7-15-27-23)17-21-9-6-8-16-29(21)19-20-11-13-22(31-4)14-12-20/h5,7,10-15,21,24H,6,8-9,16-19H2,1-4H3,(H,28,30). The van der Waals surface area contributed by atoms with Gasteiger partial charge in [0.25, 0.3) is 0 Å². The van der Waals surface area contributed by atoms with Crippen LogP contribution in [0.15, 0.2) is 48.7 Å². The Hall–Kier alpha value is -2.40. The molecule has 31 heavy (non-hydrogen) atoms. The Labute approximate surface area is 187 Å². The van der Waals surface area contributed by atoms with Crippen molar-refractivity contribution in [3.63, 3.8) is 0 Å². The summed E-state index contributed by atoms with van der Waals surface area (Å²) < 4.78 is 5.29. The SMILES string of the molecule is COc1ccc(CN2CCCCC2CC(NC(=O)CC(C)(C)C)c2ccccn2)cc1. The van der Waals surface area contributed by atoms with Crippen LogP contribution in [0.25, 0.3) is 0 Å². The molecule has 2 heterocycles. The van der Waals surface area contributed by atoms with E-state index in [-0.39, 0.29) is 17.4 Å². The third-order valence-electron chi connectivity index (χ3n) is 5.87. The summed E-state index contributed by atoms with van der Waals surface area (Å²) in [4.78, 5) is 19.9. The topological polar surface area (TPSA) is 54.5 Å². The van der Waals surface area contributed by atoms with E-state index in [0.717, 1.165) is 37.4 Å². The van der Waals surface area contributed by atoms with Gasteiger partial charge in [-0.2, -0.15) is 0 Å². The molecule has 1 N–H and O–H groups in total. The molecule has 2 atom stereocenters. The van der Waals surface area contributed by atoms with Gasteiger partial charge in [0.1, 0.15) is 5.75 Å². The van der Waals surface area contributed by atoms with Gasteiger partial charge >= 0.3 is 0 Å². The molecule has 0 aliphatic carbocycles. The van der Waals surface area contributed by atoms with Gasteiger partial charge in [-0.15, -0.1) is 0 Å². The van der Waals surface area contributed by atoms with Gasteiger partial charge in [0.05, 0.1) is 18.8 Å². The molecule has 0 spiro atoms. The lowest BCUT2D eigenvalue weighted by Crippen LogP contribution is -2.42. The van der Waals surface area contributed by atoms with E-state index in [4.69, 9.17) is 4.74 Å². The first kappa shape index (κ1) is 23.3. The van der Waals surface area contributed by atoms with Crippen LogP contribution in [0.1, 0.15) is 70.2 Å². The molecule has 1 aliphatic heterocycles. The molecule has 1 aliphatic rings. The average molecular weight is 424 g/mol. The van der Waals surface area contributed by atoms with Crippen LogP contribution in [-0.2, 0) is 11.3 Å². The average Bonchev–Trinajstić information content (AvgIpc) is 2.74. The number of methoxy groups -OCH3 is 1. The van der Waals surface area contributed by atoms with Gasteiger partial charge in [-0.3, -0.25) is 14.7 Å². The normalized spacial score (nSPS) is 18.4. The van der Waals surface area contributed by atoms with Crippen LogP contribution in [0.5, 0.6) is 5.75 Å². The lowest BCUT2D eigenvalue weighted by Gasteiger charge is -2.38. The number of carbonyl (C=O) groups is 1. The highest BCUT2D eigenvalue weighted by molar-refractivity contribution is 5.77. The Balaban J connectivity index is 1.72. The van der Waals surface area contributed by atoms with E-state index in [2.05, 4.69) is 48.1 Å². The predicted molar refractivity (Wildman–Crippen MR) is 125 cm³/mol. The van der Waals surface area contributed by atoms with Crippen LogP contribution >= 0.6 is 0 Å². The summed E-state index contributed by atoms with van der Waals surface area (Å²) in [6, 6.07) is 14.6. The number of pyridine rings is 1. The molecular weight excluding hydrogens is 386 g/mol. The van der Waals surface area contributed by atoms with Crippen molar-refractivity contribution in [3.05, 3.63) is 59.9 Å². The van der Waals surface area contributed by atoms with Gasteiger partial charge in [0.15, 0.2) is 0 Å². The number of aromatic nitrogens is 1. The summed E-state index contributed by atoms with van der Waals surface area (Å²) in [5.74, 6) is 0.983. The van der Waals surface area contributed by atoms with Crippen molar-refractivity contribution in [2.45, 2.75) is 71.5 Å². The maximum atomic E-state index is 12.8. The van der Waals surface area contributed by atoms with Crippen molar-refractivity contribution < 1.29 is 9.53 Å². The molecule has 5 nitrogen and oxygen atoms in total. The molecular formula is C26H37N3O2. The molecule has 2 aromatic rings. The fraction of sp³-hybridized carbons (Fsp3) is 0.538. The number of benzene rings is 1. The van der Waals surface area contributed by atoms with Gasteiger partial charge in [-0.25, -0.2) is 0 Å². The number of likely N-dealkylation sites (tertiary alicyclic amines) is 1. The molecule has 0 bridgehead atoms. The zero-order chi connectivity index (χ0) is 22.3. The number of carbonyl (C=O) groups excluding carboxylic acids is 1. The Morgan fingerprint density at radius 3 is 2.61 bits per heavy atom. The fourth-order valence-corrected chi connectivity index (χ4v) is 4.34. The van der Waals surface area contributed by atoms with Crippen LogP contribution in [0.3, 0.4) is 0 Å². The van der Waals surface area contributed by atoms with Crippen molar-refractivity contribution in [3.8, 4) is 5.75 Å². The fourth-order valence-electron chi connectivity index (χ4n) is 4.34. The highest BCUT2D eigenvalue weighted by Gasteiger charge is 2.28. The Bertz CT molecular complexity index is 815. The van der Waals surface area contributed by atoms with Crippen LogP contribution in [0, 0.1) is 5.41 Å². The van der Waals surface area contributed by atoms with Crippen molar-refractivity contribution in [2.75, 3.05) is 13.7 Å². The van der Waals surface area contributed by atoms with E-state index in [1.165, 1.54) is 18.4 Å². The number of hydrogen-bond donors (Lipinski definition) is 1. The quantitative estimate of drug-likeness (QED) is 0.640. The summed E-state index contributed by atoms with van der Waals surface area (Å²) in [6.45, 7) is 8.29. The van der Waals surface area contributed by atoms with Crippen molar-refractivity contribution >= 4 is 5.91 Å². The van der Waals surface area contributed by atoms with Crippen LogP contribution < -0.4 is 10.1 Å². The van der Waals surface area contributed by atoms with E-state index in [1.807, 2.05) is 36.5 Å². The summed E-state index contributed by atoms with van der Waals surface area (Å²) in [7, 11) is 1.70. The smallest absolute Gasteiger partial charge is 0.221 e. The number of ether oxygens (including phenoxy) is 1. The van der Waals surface area contributed by atoms with E-state index in [9.17, 15) is 4.79 Å². The predicted octanol–water partition coefficient (Wildman–Crippen LogP) is 5.13. The van der Waals surface area contributed by atoms with E-state index >= 15 is 0 Å². The molecule has 1 amide bonds. The van der Waals surface area contributed by atoms with Crippen LogP contribution in [0.4, 0.5) is 0 Å². The number of amides is 1. The molecule has 1 fully saturated rings. The third-order valence-corrected chi connectivity index (χ3v) is 5.87. The molecule has 0 saturated carbocycles. The van der Waals surface area contributed by atoms with Crippen molar-refractivity contribution in [2.24, 2.45) is 5.41 Å². The Morgan fingerprint density at radius 2 is 1.97 bits per heavy atom. The first-order chi connectivity index (χ1) is 14.8.